The van der Waals surface area contributed by atoms with Crippen LogP contribution in [0.1, 0.15) is 31.3 Å². The summed E-state index contributed by atoms with van der Waals surface area (Å²) in [6.45, 7) is 3.33. The zero-order chi connectivity index (χ0) is 16.8. The number of rotatable bonds is 10. The molecular weight excluding hydrogens is 326 g/mol. The van der Waals surface area contributed by atoms with Crippen molar-refractivity contribution < 1.29 is 23.1 Å². The van der Waals surface area contributed by atoms with Crippen LogP contribution in [0.5, 0.6) is 0 Å². The molecule has 0 radical (unpaired) electrons. The zero-order valence-electron chi connectivity index (χ0n) is 13.0. The van der Waals surface area contributed by atoms with Crippen molar-refractivity contribution in [1.82, 2.24) is 10.2 Å². The van der Waals surface area contributed by atoms with Gasteiger partial charge in [-0.2, -0.15) is 8.78 Å². The van der Waals surface area contributed by atoms with Gasteiger partial charge in [0.25, 0.3) is 5.76 Å². The largest absolute Gasteiger partial charge is 0.480 e. The Labute approximate surface area is 138 Å². The van der Waals surface area contributed by atoms with Crippen molar-refractivity contribution in [2.24, 2.45) is 0 Å². The molecule has 0 aromatic carbocycles. The van der Waals surface area contributed by atoms with Crippen LogP contribution in [0.4, 0.5) is 8.78 Å². The molecule has 0 spiro atoms. The third kappa shape index (κ3) is 5.78. The van der Waals surface area contributed by atoms with E-state index in [2.05, 4.69) is 5.32 Å². The minimum absolute atomic E-state index is 0.0806. The number of carboxylic acid groups (broad SMARTS) is 1. The van der Waals surface area contributed by atoms with E-state index in [1.807, 2.05) is 11.8 Å². The standard InChI is InChI=1S/C15H22F2N2O3S/c1-2-19(8-14(20)21)11-5-10(6-11)18-7-12-3-4-13(22-12)9-23-15(16)17/h3-4,10-11,15,18H,2,5-9H2,1H3,(H,20,21). The lowest BCUT2D eigenvalue weighted by molar-refractivity contribution is -0.139. The summed E-state index contributed by atoms with van der Waals surface area (Å²) in [6, 6.07) is 4.17. The normalized spacial score (nSPS) is 20.9. The lowest BCUT2D eigenvalue weighted by atomic mass is 9.85. The molecule has 1 fully saturated rings. The molecule has 23 heavy (non-hydrogen) atoms. The van der Waals surface area contributed by atoms with Crippen LogP contribution in [0, 0.1) is 0 Å². The third-order valence-corrected chi connectivity index (χ3v) is 4.71. The molecule has 1 aromatic rings. The lowest BCUT2D eigenvalue weighted by Gasteiger charge is -2.42. The second-order valence-corrected chi connectivity index (χ2v) is 6.58. The summed E-state index contributed by atoms with van der Waals surface area (Å²) >= 11 is 0.548. The van der Waals surface area contributed by atoms with Gasteiger partial charge in [-0.3, -0.25) is 9.69 Å². The fraction of sp³-hybridized carbons (Fsp3) is 0.667. The van der Waals surface area contributed by atoms with Crippen LogP contribution in [0.25, 0.3) is 0 Å². The van der Waals surface area contributed by atoms with Gasteiger partial charge in [-0.1, -0.05) is 18.7 Å². The first-order valence-corrected chi connectivity index (χ1v) is 8.69. The molecule has 1 aliphatic rings. The van der Waals surface area contributed by atoms with Crippen LogP contribution in [0.2, 0.25) is 0 Å². The molecule has 2 rings (SSSR count). The van der Waals surface area contributed by atoms with Gasteiger partial charge in [0.1, 0.15) is 11.5 Å². The van der Waals surface area contributed by atoms with Crippen LogP contribution >= 0.6 is 11.8 Å². The van der Waals surface area contributed by atoms with Gasteiger partial charge in [-0.15, -0.1) is 0 Å². The summed E-state index contributed by atoms with van der Waals surface area (Å²) in [5.41, 5.74) is 0. The first-order chi connectivity index (χ1) is 11.0. The predicted octanol–water partition coefficient (Wildman–Crippen LogP) is 2.76. The van der Waals surface area contributed by atoms with Gasteiger partial charge in [0.2, 0.25) is 0 Å². The highest BCUT2D eigenvalue weighted by Gasteiger charge is 2.33. The van der Waals surface area contributed by atoms with E-state index in [0.717, 1.165) is 25.1 Å². The summed E-state index contributed by atoms with van der Waals surface area (Å²) in [7, 11) is 0. The molecule has 0 unspecified atom stereocenters. The second-order valence-electron chi connectivity index (χ2n) is 5.60. The first-order valence-electron chi connectivity index (χ1n) is 7.64. The molecule has 1 heterocycles. The molecule has 0 bridgehead atoms. The van der Waals surface area contributed by atoms with E-state index in [1.165, 1.54) is 0 Å². The Morgan fingerprint density at radius 3 is 2.78 bits per heavy atom. The van der Waals surface area contributed by atoms with Crippen LogP contribution in [0.3, 0.4) is 0 Å². The van der Waals surface area contributed by atoms with Crippen molar-refractivity contribution in [1.29, 1.82) is 0 Å². The molecule has 2 N–H and O–H groups in total. The average Bonchev–Trinajstić information content (AvgIpc) is 2.89. The number of hydrogen-bond acceptors (Lipinski definition) is 5. The summed E-state index contributed by atoms with van der Waals surface area (Å²) < 4.78 is 29.7. The number of carboxylic acids is 1. The molecule has 0 saturated heterocycles. The molecule has 1 aromatic heterocycles. The second kappa shape index (κ2) is 8.65. The third-order valence-electron chi connectivity index (χ3n) is 4.01. The minimum atomic E-state index is -2.39. The predicted molar refractivity (Wildman–Crippen MR) is 84.5 cm³/mol. The number of hydrogen-bond donors (Lipinski definition) is 2. The van der Waals surface area contributed by atoms with Crippen molar-refractivity contribution >= 4 is 17.7 Å². The van der Waals surface area contributed by atoms with Gasteiger partial charge in [0.15, 0.2) is 0 Å². The molecule has 8 heteroatoms. The van der Waals surface area contributed by atoms with Gasteiger partial charge in [-0.25, -0.2) is 0 Å². The quantitative estimate of drug-likeness (QED) is 0.678. The van der Waals surface area contributed by atoms with E-state index in [9.17, 15) is 13.6 Å². The summed E-state index contributed by atoms with van der Waals surface area (Å²) in [5, 5.41) is 12.2. The maximum atomic E-state index is 12.1. The maximum Gasteiger partial charge on any atom is 0.317 e. The van der Waals surface area contributed by atoms with Gasteiger partial charge in [0.05, 0.1) is 18.8 Å². The van der Waals surface area contributed by atoms with Crippen molar-refractivity contribution in [2.75, 3.05) is 13.1 Å². The number of nitrogens with one attached hydrogen (secondary N) is 1. The van der Waals surface area contributed by atoms with Crippen LogP contribution in [0.15, 0.2) is 16.5 Å². The lowest BCUT2D eigenvalue weighted by Crippen LogP contribution is -2.53. The molecule has 0 atom stereocenters. The molecule has 0 aliphatic heterocycles. The number of furan rings is 1. The van der Waals surface area contributed by atoms with Crippen LogP contribution in [-0.4, -0.2) is 46.9 Å². The molecule has 1 saturated carbocycles. The molecule has 1 aliphatic carbocycles. The topological polar surface area (TPSA) is 65.7 Å². The number of thioether (sulfide) groups is 1. The van der Waals surface area contributed by atoms with Crippen LogP contribution < -0.4 is 5.32 Å². The summed E-state index contributed by atoms with van der Waals surface area (Å²) in [5.74, 6) is -1.73. The smallest absolute Gasteiger partial charge is 0.317 e. The fourth-order valence-corrected chi connectivity index (χ4v) is 3.16. The fourth-order valence-electron chi connectivity index (χ4n) is 2.71. The van der Waals surface area contributed by atoms with E-state index >= 15 is 0 Å². The Morgan fingerprint density at radius 2 is 2.17 bits per heavy atom. The highest BCUT2D eigenvalue weighted by atomic mass is 32.2. The number of carbonyl (C=O) groups is 1. The van der Waals surface area contributed by atoms with E-state index < -0.39 is 11.7 Å². The van der Waals surface area contributed by atoms with Gasteiger partial charge in [0, 0.05) is 12.1 Å². The summed E-state index contributed by atoms with van der Waals surface area (Å²) in [6.07, 6.45) is 1.83. The number of nitrogens with zero attached hydrogens (tertiary/aromatic N) is 1. The Morgan fingerprint density at radius 1 is 1.48 bits per heavy atom. The highest BCUT2D eigenvalue weighted by Crippen LogP contribution is 2.26. The van der Waals surface area contributed by atoms with E-state index in [0.29, 0.717) is 36.2 Å². The Balaban J connectivity index is 1.67. The number of aliphatic carboxylic acids is 1. The number of likely N-dealkylation sites (N-methyl/N-ethyl adjacent to an activating group) is 1. The Bertz CT molecular complexity index is 507. The molecular formula is C15H22F2N2O3S. The van der Waals surface area contributed by atoms with Crippen LogP contribution in [-0.2, 0) is 17.1 Å². The molecule has 5 nitrogen and oxygen atoms in total. The monoisotopic (exact) mass is 348 g/mol. The van der Waals surface area contributed by atoms with Crippen molar-refractivity contribution in [3.05, 3.63) is 23.7 Å². The van der Waals surface area contributed by atoms with Gasteiger partial charge in [-0.05, 0) is 31.5 Å². The minimum Gasteiger partial charge on any atom is -0.480 e. The van der Waals surface area contributed by atoms with E-state index in [4.69, 9.17) is 9.52 Å². The van der Waals surface area contributed by atoms with Gasteiger partial charge < -0.3 is 14.8 Å². The zero-order valence-corrected chi connectivity index (χ0v) is 13.8. The Hall–Kier alpha value is -1.12. The SMILES string of the molecule is CCN(CC(=O)O)C1CC(NCc2ccc(CSC(F)F)o2)C1. The number of halogens is 2. The van der Waals surface area contributed by atoms with Crippen molar-refractivity contribution in [3.63, 3.8) is 0 Å². The molecule has 0 amide bonds. The average molecular weight is 348 g/mol. The van der Waals surface area contributed by atoms with Gasteiger partial charge >= 0.3 is 5.97 Å². The Kier molecular flexibility index (Phi) is 6.86. The first kappa shape index (κ1) is 18.2. The summed E-state index contributed by atoms with van der Waals surface area (Å²) in [4.78, 5) is 12.7. The number of alkyl halides is 2. The maximum absolute atomic E-state index is 12.1. The van der Waals surface area contributed by atoms with Crippen molar-refractivity contribution in [3.8, 4) is 0 Å². The van der Waals surface area contributed by atoms with E-state index in [1.54, 1.807) is 12.1 Å². The highest BCUT2D eigenvalue weighted by molar-refractivity contribution is 7.98. The van der Waals surface area contributed by atoms with Crippen molar-refractivity contribution in [2.45, 2.75) is 49.9 Å². The van der Waals surface area contributed by atoms with E-state index in [-0.39, 0.29) is 12.3 Å². The molecule has 130 valence electrons.